The number of hydrogen-bond acceptors (Lipinski definition) is 3. The molecule has 1 aromatic carbocycles. The van der Waals surface area contributed by atoms with Crippen LogP contribution in [0.2, 0.25) is 0 Å². The van der Waals surface area contributed by atoms with E-state index >= 15 is 0 Å². The van der Waals surface area contributed by atoms with Crippen molar-refractivity contribution in [3.63, 3.8) is 0 Å². The van der Waals surface area contributed by atoms with E-state index in [2.05, 4.69) is 28.6 Å². The van der Waals surface area contributed by atoms with E-state index in [1.165, 1.54) is 10.9 Å². The van der Waals surface area contributed by atoms with Gasteiger partial charge in [0.1, 0.15) is 11.9 Å². The summed E-state index contributed by atoms with van der Waals surface area (Å²) in [5.74, 6) is 0.255. The van der Waals surface area contributed by atoms with Gasteiger partial charge in [-0.25, -0.2) is 4.39 Å². The molecule has 2 atom stereocenters. The Kier molecular flexibility index (Phi) is 5.48. The third-order valence-corrected chi connectivity index (χ3v) is 4.98. The van der Waals surface area contributed by atoms with Crippen LogP contribution in [0.5, 0.6) is 0 Å². The predicted molar refractivity (Wildman–Crippen MR) is 95.7 cm³/mol. The first kappa shape index (κ1) is 16.9. The average molecular weight is 347 g/mol. The Morgan fingerprint density at radius 2 is 2.12 bits per heavy atom. The zero-order valence-corrected chi connectivity index (χ0v) is 14.4. The molecule has 3 N–H and O–H groups in total. The molecule has 1 heterocycles. The third kappa shape index (κ3) is 4.55. The first-order chi connectivity index (χ1) is 11.6. The van der Waals surface area contributed by atoms with Gasteiger partial charge in [-0.3, -0.25) is 4.99 Å². The average Bonchev–Trinajstić information content (AvgIpc) is 3.21. The highest BCUT2D eigenvalue weighted by atomic mass is 32.1. The fraction of sp³-hybridized carbons (Fsp3) is 0.389. The van der Waals surface area contributed by atoms with Crippen molar-refractivity contribution in [1.82, 2.24) is 10.6 Å². The van der Waals surface area contributed by atoms with E-state index < -0.39 is 11.9 Å². The summed E-state index contributed by atoms with van der Waals surface area (Å²) >= 11 is 1.69. The van der Waals surface area contributed by atoms with Crippen LogP contribution in [-0.2, 0) is 0 Å². The van der Waals surface area contributed by atoms with Crippen LogP contribution in [0.4, 0.5) is 4.39 Å². The number of halogens is 1. The first-order valence-corrected chi connectivity index (χ1v) is 9.05. The molecular weight excluding hydrogens is 325 g/mol. The van der Waals surface area contributed by atoms with Crippen LogP contribution >= 0.6 is 11.3 Å². The zero-order chi connectivity index (χ0) is 16.9. The Morgan fingerprint density at radius 1 is 1.33 bits per heavy atom. The number of aliphatic hydroxyl groups is 1. The summed E-state index contributed by atoms with van der Waals surface area (Å²) in [6, 6.07) is 10.9. The molecular formula is C18H22FN3OS. The van der Waals surface area contributed by atoms with Gasteiger partial charge in [-0.05, 0) is 37.3 Å². The molecule has 1 aromatic heterocycles. The predicted octanol–water partition coefficient (Wildman–Crippen LogP) is 3.38. The second-order valence-electron chi connectivity index (χ2n) is 6.03. The van der Waals surface area contributed by atoms with Gasteiger partial charge in [0.15, 0.2) is 5.96 Å². The second-order valence-corrected chi connectivity index (χ2v) is 7.01. The molecule has 24 heavy (non-hydrogen) atoms. The minimum Gasteiger partial charge on any atom is -0.386 e. The van der Waals surface area contributed by atoms with Crippen LogP contribution in [0, 0.1) is 5.82 Å². The van der Waals surface area contributed by atoms with Gasteiger partial charge in [-0.15, -0.1) is 11.3 Å². The van der Waals surface area contributed by atoms with E-state index in [-0.39, 0.29) is 18.2 Å². The molecule has 1 saturated carbocycles. The number of benzene rings is 1. The number of aliphatic imine (C=N–C) groups is 1. The SMILES string of the molecule is CC(NC(=NCC(O)c1ccccc1F)NC1CC1)c1cccs1. The molecule has 128 valence electrons. The van der Waals surface area contributed by atoms with E-state index in [1.54, 1.807) is 29.5 Å². The van der Waals surface area contributed by atoms with Gasteiger partial charge >= 0.3 is 0 Å². The van der Waals surface area contributed by atoms with Crippen molar-refractivity contribution < 1.29 is 9.50 Å². The normalized spacial score (nSPS) is 17.4. The third-order valence-electron chi connectivity index (χ3n) is 3.93. The van der Waals surface area contributed by atoms with Gasteiger partial charge in [0, 0.05) is 16.5 Å². The lowest BCUT2D eigenvalue weighted by Crippen LogP contribution is -2.40. The van der Waals surface area contributed by atoms with Crippen LogP contribution in [-0.4, -0.2) is 23.7 Å². The summed E-state index contributed by atoms with van der Waals surface area (Å²) in [7, 11) is 0. The van der Waals surface area contributed by atoms with Gasteiger partial charge in [0.2, 0.25) is 0 Å². The Morgan fingerprint density at radius 3 is 2.79 bits per heavy atom. The summed E-state index contributed by atoms with van der Waals surface area (Å²) in [5, 5.41) is 19.0. The fourth-order valence-corrected chi connectivity index (χ4v) is 3.12. The molecule has 0 saturated heterocycles. The van der Waals surface area contributed by atoms with Crippen molar-refractivity contribution in [3.8, 4) is 0 Å². The van der Waals surface area contributed by atoms with Gasteiger partial charge in [-0.2, -0.15) is 0 Å². The molecule has 0 spiro atoms. The van der Waals surface area contributed by atoms with E-state index in [0.717, 1.165) is 12.8 Å². The molecule has 1 aliphatic rings. The van der Waals surface area contributed by atoms with Crippen molar-refractivity contribution in [2.75, 3.05) is 6.54 Å². The molecule has 0 aliphatic heterocycles. The molecule has 1 aliphatic carbocycles. The number of rotatable bonds is 6. The number of hydrogen-bond donors (Lipinski definition) is 3. The lowest BCUT2D eigenvalue weighted by atomic mass is 10.1. The van der Waals surface area contributed by atoms with E-state index in [1.807, 2.05) is 11.4 Å². The lowest BCUT2D eigenvalue weighted by molar-refractivity contribution is 0.182. The molecule has 0 bridgehead atoms. The van der Waals surface area contributed by atoms with Crippen molar-refractivity contribution in [1.29, 1.82) is 0 Å². The highest BCUT2D eigenvalue weighted by Crippen LogP contribution is 2.21. The van der Waals surface area contributed by atoms with Crippen molar-refractivity contribution >= 4 is 17.3 Å². The molecule has 3 rings (SSSR count). The summed E-state index contributed by atoms with van der Waals surface area (Å²) in [4.78, 5) is 5.67. The number of aliphatic hydroxyl groups excluding tert-OH is 1. The topological polar surface area (TPSA) is 56.7 Å². The lowest BCUT2D eigenvalue weighted by Gasteiger charge is -2.18. The van der Waals surface area contributed by atoms with Gasteiger partial charge in [-0.1, -0.05) is 24.3 Å². The second kappa shape index (κ2) is 7.77. The molecule has 2 unspecified atom stereocenters. The molecule has 2 aromatic rings. The smallest absolute Gasteiger partial charge is 0.192 e. The number of nitrogens with zero attached hydrogens (tertiary/aromatic N) is 1. The highest BCUT2D eigenvalue weighted by molar-refractivity contribution is 7.10. The largest absolute Gasteiger partial charge is 0.386 e. The number of guanidine groups is 1. The van der Waals surface area contributed by atoms with Crippen LogP contribution in [0.15, 0.2) is 46.8 Å². The van der Waals surface area contributed by atoms with Crippen molar-refractivity contribution in [3.05, 3.63) is 58.0 Å². The molecule has 0 radical (unpaired) electrons. The molecule has 6 heteroatoms. The standard InChI is InChI=1S/C18H22FN3OS/c1-12(17-7-4-10-24-17)21-18(22-13-8-9-13)20-11-16(23)14-5-2-3-6-15(14)19/h2-7,10,12-13,16,23H,8-9,11H2,1H3,(H2,20,21,22). The molecule has 0 amide bonds. The Bertz CT molecular complexity index is 685. The Hall–Kier alpha value is -1.92. The van der Waals surface area contributed by atoms with E-state index in [4.69, 9.17) is 0 Å². The van der Waals surface area contributed by atoms with E-state index in [9.17, 15) is 9.50 Å². The fourth-order valence-electron chi connectivity index (χ4n) is 2.39. The van der Waals surface area contributed by atoms with Crippen LogP contribution < -0.4 is 10.6 Å². The van der Waals surface area contributed by atoms with Gasteiger partial charge in [0.05, 0.1) is 12.6 Å². The Balaban J connectivity index is 1.66. The summed E-state index contributed by atoms with van der Waals surface area (Å²) in [5.41, 5.74) is 0.276. The maximum absolute atomic E-state index is 13.7. The zero-order valence-electron chi connectivity index (χ0n) is 13.6. The van der Waals surface area contributed by atoms with Crippen LogP contribution in [0.25, 0.3) is 0 Å². The summed E-state index contributed by atoms with van der Waals surface area (Å²) in [6.45, 7) is 2.18. The van der Waals surface area contributed by atoms with Crippen LogP contribution in [0.1, 0.15) is 42.4 Å². The number of nitrogens with one attached hydrogen (secondary N) is 2. The molecule has 4 nitrogen and oxygen atoms in total. The quantitative estimate of drug-likeness (QED) is 0.555. The minimum atomic E-state index is -0.957. The van der Waals surface area contributed by atoms with Gasteiger partial charge < -0.3 is 15.7 Å². The maximum Gasteiger partial charge on any atom is 0.192 e. The minimum absolute atomic E-state index is 0.111. The summed E-state index contributed by atoms with van der Waals surface area (Å²) < 4.78 is 13.7. The molecule has 1 fully saturated rings. The van der Waals surface area contributed by atoms with Crippen molar-refractivity contribution in [2.45, 2.75) is 38.0 Å². The summed E-state index contributed by atoms with van der Waals surface area (Å²) in [6.07, 6.45) is 1.30. The monoisotopic (exact) mass is 347 g/mol. The first-order valence-electron chi connectivity index (χ1n) is 8.17. The Labute approximate surface area is 145 Å². The maximum atomic E-state index is 13.7. The van der Waals surface area contributed by atoms with Gasteiger partial charge in [0.25, 0.3) is 0 Å². The number of thiophene rings is 1. The van der Waals surface area contributed by atoms with Crippen LogP contribution in [0.3, 0.4) is 0 Å². The highest BCUT2D eigenvalue weighted by Gasteiger charge is 2.23. The van der Waals surface area contributed by atoms with Crippen molar-refractivity contribution in [2.24, 2.45) is 4.99 Å². The van der Waals surface area contributed by atoms with E-state index in [0.29, 0.717) is 12.0 Å².